The zero-order chi connectivity index (χ0) is 33.8. The minimum absolute atomic E-state index is 0.0143. The average Bonchev–Trinajstić information content (AvgIpc) is 3.04. The van der Waals surface area contributed by atoms with Gasteiger partial charge in [-0.25, -0.2) is 15.0 Å². The van der Waals surface area contributed by atoms with Crippen LogP contribution in [-0.2, 0) is 4.74 Å². The molecule has 0 aliphatic carbocycles. The number of nitrogens with zero attached hydrogens (tertiary/aromatic N) is 3. The molecule has 252 valence electrons. The lowest BCUT2D eigenvalue weighted by Crippen LogP contribution is -2.27. The summed E-state index contributed by atoms with van der Waals surface area (Å²) < 4.78 is 11.9. The van der Waals surface area contributed by atoms with Crippen molar-refractivity contribution in [2.45, 2.75) is 112 Å². The van der Waals surface area contributed by atoms with Crippen LogP contribution in [0.15, 0.2) is 54.6 Å². The smallest absolute Gasteiger partial charge is 0.167 e. The van der Waals surface area contributed by atoms with Crippen LogP contribution in [-0.4, -0.2) is 50.6 Å². The van der Waals surface area contributed by atoms with Gasteiger partial charge in [0.05, 0.1) is 18.3 Å². The summed E-state index contributed by atoms with van der Waals surface area (Å²) in [6.45, 7) is 12.9. The van der Waals surface area contributed by atoms with E-state index in [4.69, 9.17) is 24.4 Å². The van der Waals surface area contributed by atoms with E-state index in [2.05, 4.69) is 39.8 Å². The Bertz CT molecular complexity index is 1520. The van der Waals surface area contributed by atoms with E-state index in [1.165, 1.54) is 32.1 Å². The molecule has 7 nitrogen and oxygen atoms in total. The van der Waals surface area contributed by atoms with E-state index in [1.54, 1.807) is 18.2 Å². The van der Waals surface area contributed by atoms with E-state index in [1.807, 2.05) is 38.1 Å². The van der Waals surface area contributed by atoms with Crippen molar-refractivity contribution in [2.75, 3.05) is 13.2 Å². The molecule has 0 amide bonds. The van der Waals surface area contributed by atoms with Gasteiger partial charge in [-0.05, 0) is 63.8 Å². The number of ether oxygens (including phenoxy) is 2. The first-order valence-electron chi connectivity index (χ1n) is 17.4. The Balaban J connectivity index is 1.46. The number of aliphatic hydroxyl groups excluding tert-OH is 1. The fraction of sp³-hybridized carbons (Fsp3) is 0.475. The number of benzene rings is 3. The Kier molecular flexibility index (Phi) is 13.7. The molecule has 4 aromatic rings. The number of phenolic OH excluding ortho intramolecular Hbond substituents is 1. The maximum atomic E-state index is 11.1. The fourth-order valence-electron chi connectivity index (χ4n) is 5.93. The predicted octanol–water partition coefficient (Wildman–Crippen LogP) is 9.49. The average molecular weight is 640 g/mol. The normalized spacial score (nSPS) is 12.7. The van der Waals surface area contributed by atoms with Gasteiger partial charge in [0.15, 0.2) is 17.5 Å². The highest BCUT2D eigenvalue weighted by atomic mass is 16.5. The summed E-state index contributed by atoms with van der Waals surface area (Å²) in [5.41, 5.74) is 6.74. The van der Waals surface area contributed by atoms with Crippen LogP contribution in [0.5, 0.6) is 11.5 Å². The van der Waals surface area contributed by atoms with Gasteiger partial charge in [0.2, 0.25) is 0 Å². The molecule has 47 heavy (non-hydrogen) atoms. The van der Waals surface area contributed by atoms with Crippen LogP contribution in [0, 0.1) is 27.7 Å². The van der Waals surface area contributed by atoms with Crippen molar-refractivity contribution in [3.8, 4) is 45.7 Å². The molecule has 0 radical (unpaired) electrons. The molecule has 0 saturated carbocycles. The third-order valence-electron chi connectivity index (χ3n) is 8.55. The second-order valence-electron chi connectivity index (χ2n) is 12.9. The number of aromatic hydroxyl groups is 1. The molecular formula is C40H53N3O4. The van der Waals surface area contributed by atoms with Crippen molar-refractivity contribution in [2.24, 2.45) is 0 Å². The van der Waals surface area contributed by atoms with Crippen molar-refractivity contribution in [3.63, 3.8) is 0 Å². The molecule has 0 aliphatic heterocycles. The molecule has 0 bridgehead atoms. The van der Waals surface area contributed by atoms with Crippen LogP contribution in [0.25, 0.3) is 34.2 Å². The molecule has 1 aromatic heterocycles. The number of aromatic nitrogens is 3. The minimum Gasteiger partial charge on any atom is -0.507 e. The first-order valence-corrected chi connectivity index (χ1v) is 17.4. The molecule has 0 aliphatic rings. The number of phenols is 1. The summed E-state index contributed by atoms with van der Waals surface area (Å²) in [4.78, 5) is 14.5. The highest BCUT2D eigenvalue weighted by molar-refractivity contribution is 5.72. The van der Waals surface area contributed by atoms with Gasteiger partial charge in [-0.2, -0.15) is 0 Å². The van der Waals surface area contributed by atoms with Crippen molar-refractivity contribution in [3.05, 3.63) is 76.9 Å². The van der Waals surface area contributed by atoms with Gasteiger partial charge in [0.1, 0.15) is 24.2 Å². The second-order valence-corrected chi connectivity index (χ2v) is 12.9. The van der Waals surface area contributed by atoms with Crippen LogP contribution in [0.4, 0.5) is 0 Å². The summed E-state index contributed by atoms with van der Waals surface area (Å²) in [6, 6.07) is 17.4. The largest absolute Gasteiger partial charge is 0.507 e. The van der Waals surface area contributed by atoms with Gasteiger partial charge in [0, 0.05) is 17.2 Å². The topological polar surface area (TPSA) is 97.6 Å². The standard InChI is InChI=1S/C40H53N3O4/c1-7-9-10-11-12-13-15-32(14-8-2)46-25-31(44)26-47-33-18-21-36(37(45)24-33)40-42-38(34-19-16-27(3)22-29(34)5)41-39(43-40)35-20-17-28(4)23-30(35)6/h16-24,31-32,44-45H,7-15,25-26H2,1-6H3. The summed E-state index contributed by atoms with van der Waals surface area (Å²) in [5, 5.41) is 21.7. The summed E-state index contributed by atoms with van der Waals surface area (Å²) in [6.07, 6.45) is 10.0. The zero-order valence-corrected chi connectivity index (χ0v) is 29.2. The predicted molar refractivity (Wildman–Crippen MR) is 191 cm³/mol. The molecule has 7 heteroatoms. The lowest BCUT2D eigenvalue weighted by atomic mass is 10.0. The molecule has 2 unspecified atom stereocenters. The van der Waals surface area contributed by atoms with Gasteiger partial charge in [-0.15, -0.1) is 0 Å². The lowest BCUT2D eigenvalue weighted by molar-refractivity contribution is -0.0309. The molecule has 0 fully saturated rings. The third kappa shape index (κ3) is 10.6. The van der Waals surface area contributed by atoms with Crippen molar-refractivity contribution < 1.29 is 19.7 Å². The number of unbranched alkanes of at least 4 members (excludes halogenated alkanes) is 5. The quantitative estimate of drug-likeness (QED) is 0.105. The van der Waals surface area contributed by atoms with E-state index in [0.29, 0.717) is 28.8 Å². The Morgan fingerprint density at radius 2 is 1.17 bits per heavy atom. The molecule has 0 saturated heterocycles. The highest BCUT2D eigenvalue weighted by Crippen LogP contribution is 2.34. The second kappa shape index (κ2) is 17.9. The van der Waals surface area contributed by atoms with Crippen LogP contribution in [0.1, 0.15) is 93.9 Å². The van der Waals surface area contributed by atoms with Crippen molar-refractivity contribution in [1.82, 2.24) is 15.0 Å². The minimum atomic E-state index is -0.773. The fourth-order valence-corrected chi connectivity index (χ4v) is 5.93. The zero-order valence-electron chi connectivity index (χ0n) is 29.2. The SMILES string of the molecule is CCCCCCCCC(CCC)OCC(O)COc1ccc(-c2nc(-c3ccc(C)cc3C)nc(-c3ccc(C)cc3C)n2)c(O)c1. The Hall–Kier alpha value is -3.81. The van der Waals surface area contributed by atoms with Crippen molar-refractivity contribution >= 4 is 0 Å². The first-order chi connectivity index (χ1) is 22.7. The number of aliphatic hydroxyl groups is 1. The molecular weight excluding hydrogens is 586 g/mol. The molecule has 3 aromatic carbocycles. The molecule has 4 rings (SSSR count). The van der Waals surface area contributed by atoms with Gasteiger partial charge in [0.25, 0.3) is 0 Å². The number of hydrogen-bond donors (Lipinski definition) is 2. The van der Waals surface area contributed by atoms with Crippen LogP contribution >= 0.6 is 0 Å². The van der Waals surface area contributed by atoms with E-state index in [0.717, 1.165) is 59.1 Å². The monoisotopic (exact) mass is 639 g/mol. The summed E-state index contributed by atoms with van der Waals surface area (Å²) in [7, 11) is 0. The Morgan fingerprint density at radius 1 is 0.617 bits per heavy atom. The Morgan fingerprint density at radius 3 is 1.72 bits per heavy atom. The van der Waals surface area contributed by atoms with Crippen LogP contribution in [0.3, 0.4) is 0 Å². The van der Waals surface area contributed by atoms with Gasteiger partial charge in [-0.1, -0.05) is 106 Å². The van der Waals surface area contributed by atoms with E-state index < -0.39 is 6.10 Å². The maximum absolute atomic E-state index is 11.1. The van der Waals surface area contributed by atoms with E-state index >= 15 is 0 Å². The molecule has 2 N–H and O–H groups in total. The summed E-state index contributed by atoms with van der Waals surface area (Å²) >= 11 is 0. The maximum Gasteiger partial charge on any atom is 0.167 e. The molecule has 1 heterocycles. The van der Waals surface area contributed by atoms with Crippen LogP contribution in [0.2, 0.25) is 0 Å². The first kappa shape index (κ1) is 36.0. The Labute approximate surface area is 281 Å². The van der Waals surface area contributed by atoms with E-state index in [-0.39, 0.29) is 25.1 Å². The summed E-state index contributed by atoms with van der Waals surface area (Å²) in [5.74, 6) is 1.89. The molecule has 2 atom stereocenters. The van der Waals surface area contributed by atoms with Gasteiger partial charge >= 0.3 is 0 Å². The van der Waals surface area contributed by atoms with E-state index in [9.17, 15) is 10.2 Å². The third-order valence-corrected chi connectivity index (χ3v) is 8.55. The number of rotatable bonds is 18. The number of aryl methyl sites for hydroxylation is 4. The van der Waals surface area contributed by atoms with Gasteiger partial charge < -0.3 is 19.7 Å². The highest BCUT2D eigenvalue weighted by Gasteiger charge is 2.18. The number of hydrogen-bond acceptors (Lipinski definition) is 7. The van der Waals surface area contributed by atoms with Crippen molar-refractivity contribution in [1.29, 1.82) is 0 Å². The lowest BCUT2D eigenvalue weighted by Gasteiger charge is -2.20. The molecule has 0 spiro atoms. The van der Waals surface area contributed by atoms with Crippen LogP contribution < -0.4 is 4.74 Å². The van der Waals surface area contributed by atoms with Gasteiger partial charge in [-0.3, -0.25) is 0 Å².